The Labute approximate surface area is 115 Å². The Bertz CT molecular complexity index is 672. The zero-order valence-corrected chi connectivity index (χ0v) is 11.5. The molecule has 0 atom stereocenters. The molecule has 0 aliphatic rings. The number of carbonyl (C=O) groups excluding carboxylic acids is 1. The van der Waals surface area contributed by atoms with Crippen LogP contribution in [0.1, 0.15) is 10.4 Å². The molecule has 0 bridgehead atoms. The molecule has 0 saturated heterocycles. The van der Waals surface area contributed by atoms with Crippen molar-refractivity contribution in [2.45, 2.75) is 0 Å². The number of aromatic nitrogens is 2. The molecule has 2 rings (SSSR count). The Morgan fingerprint density at radius 3 is 2.70 bits per heavy atom. The highest BCUT2D eigenvalue weighted by molar-refractivity contribution is 7.85. The van der Waals surface area contributed by atoms with Crippen molar-refractivity contribution >= 4 is 21.7 Å². The van der Waals surface area contributed by atoms with Gasteiger partial charge in [0.25, 0.3) is 16.0 Å². The molecule has 2 aromatic heterocycles. The van der Waals surface area contributed by atoms with E-state index in [9.17, 15) is 13.2 Å². The maximum absolute atomic E-state index is 11.5. The van der Waals surface area contributed by atoms with E-state index in [2.05, 4.69) is 10.3 Å². The second kappa shape index (κ2) is 6.98. The number of imidazole rings is 1. The van der Waals surface area contributed by atoms with Crippen LogP contribution < -0.4 is 5.32 Å². The fourth-order valence-corrected chi connectivity index (χ4v) is 1.33. The molecule has 0 radical (unpaired) electrons. The van der Waals surface area contributed by atoms with Crippen LogP contribution in [-0.2, 0) is 10.1 Å². The molecule has 0 aromatic carbocycles. The highest BCUT2D eigenvalue weighted by Gasteiger charge is 2.05. The summed E-state index contributed by atoms with van der Waals surface area (Å²) in [5.74, 6) is -0.195. The van der Waals surface area contributed by atoms with E-state index < -0.39 is 10.1 Å². The summed E-state index contributed by atoms with van der Waals surface area (Å²) in [6, 6.07) is 3.48. The molecule has 0 aliphatic carbocycles. The van der Waals surface area contributed by atoms with Gasteiger partial charge in [0.1, 0.15) is 5.65 Å². The molecule has 8 nitrogen and oxygen atoms in total. The standard InChI is InChI=1S/C10H11N3O2.CH4O3S/c14-6-4-12-10(15)8-1-2-9-11-3-5-13(9)7-8;1-5(2,3)4/h1-3,5,7,14H,4,6H2,(H,12,15);1H3,(H,2,3,4). The molecule has 20 heavy (non-hydrogen) atoms. The van der Waals surface area contributed by atoms with Gasteiger partial charge in [0, 0.05) is 25.1 Å². The molecule has 0 aliphatic heterocycles. The quantitative estimate of drug-likeness (QED) is 0.661. The number of carbonyl (C=O) groups is 1. The van der Waals surface area contributed by atoms with Crippen LogP contribution in [0.2, 0.25) is 0 Å². The lowest BCUT2D eigenvalue weighted by Gasteiger charge is -2.03. The van der Waals surface area contributed by atoms with Gasteiger partial charge in [-0.15, -0.1) is 0 Å². The average molecular weight is 301 g/mol. The van der Waals surface area contributed by atoms with Crippen LogP contribution in [-0.4, -0.2) is 52.8 Å². The predicted octanol–water partition coefficient (Wildman–Crippen LogP) is -0.440. The fourth-order valence-electron chi connectivity index (χ4n) is 1.33. The summed E-state index contributed by atoms with van der Waals surface area (Å²) in [5.41, 5.74) is 1.35. The molecule has 0 unspecified atom stereocenters. The van der Waals surface area contributed by atoms with Crippen LogP contribution in [0.5, 0.6) is 0 Å². The summed E-state index contributed by atoms with van der Waals surface area (Å²) in [4.78, 5) is 15.6. The second-order valence-electron chi connectivity index (χ2n) is 3.82. The maximum atomic E-state index is 11.5. The van der Waals surface area contributed by atoms with Gasteiger partial charge in [-0.25, -0.2) is 4.98 Å². The first-order valence-electron chi connectivity index (χ1n) is 5.55. The van der Waals surface area contributed by atoms with Gasteiger partial charge in [0.15, 0.2) is 0 Å². The van der Waals surface area contributed by atoms with Crippen LogP contribution in [0.3, 0.4) is 0 Å². The minimum atomic E-state index is -3.67. The lowest BCUT2D eigenvalue weighted by Crippen LogP contribution is -2.26. The van der Waals surface area contributed by atoms with Gasteiger partial charge in [0.2, 0.25) is 0 Å². The van der Waals surface area contributed by atoms with Crippen molar-refractivity contribution in [3.05, 3.63) is 36.3 Å². The molecule has 2 aromatic rings. The number of amides is 1. The minimum absolute atomic E-state index is 0.0565. The van der Waals surface area contributed by atoms with Crippen molar-refractivity contribution in [1.82, 2.24) is 14.7 Å². The molecule has 110 valence electrons. The highest BCUT2D eigenvalue weighted by Crippen LogP contribution is 2.04. The van der Waals surface area contributed by atoms with E-state index in [0.29, 0.717) is 11.8 Å². The van der Waals surface area contributed by atoms with Crippen LogP contribution in [0.15, 0.2) is 30.7 Å². The van der Waals surface area contributed by atoms with E-state index in [1.165, 1.54) is 0 Å². The number of nitrogens with zero attached hydrogens (tertiary/aromatic N) is 2. The fraction of sp³-hybridized carbons (Fsp3) is 0.273. The summed E-state index contributed by atoms with van der Waals surface area (Å²) in [6.07, 6.45) is 5.87. The van der Waals surface area contributed by atoms with Crippen molar-refractivity contribution in [3.8, 4) is 0 Å². The molecule has 0 fully saturated rings. The zero-order valence-electron chi connectivity index (χ0n) is 10.7. The Hall–Kier alpha value is -1.97. The lowest BCUT2D eigenvalue weighted by atomic mass is 10.2. The number of hydrogen-bond acceptors (Lipinski definition) is 5. The van der Waals surface area contributed by atoms with Crippen molar-refractivity contribution in [1.29, 1.82) is 0 Å². The van der Waals surface area contributed by atoms with E-state index in [4.69, 9.17) is 9.66 Å². The van der Waals surface area contributed by atoms with Crippen LogP contribution >= 0.6 is 0 Å². The summed E-state index contributed by atoms with van der Waals surface area (Å²) in [7, 11) is -3.67. The van der Waals surface area contributed by atoms with Crippen molar-refractivity contribution in [3.63, 3.8) is 0 Å². The van der Waals surface area contributed by atoms with Gasteiger partial charge >= 0.3 is 0 Å². The first kappa shape index (κ1) is 16.1. The number of fused-ring (bicyclic) bond motifs is 1. The van der Waals surface area contributed by atoms with Gasteiger partial charge in [-0.3, -0.25) is 9.35 Å². The molecular formula is C11H15N3O5S. The molecule has 9 heteroatoms. The summed E-state index contributed by atoms with van der Waals surface area (Å²) >= 11 is 0. The third-order valence-corrected chi connectivity index (χ3v) is 2.05. The summed E-state index contributed by atoms with van der Waals surface area (Å²) in [6.45, 7) is 0.208. The van der Waals surface area contributed by atoms with Gasteiger partial charge in [-0.1, -0.05) is 0 Å². The molecular weight excluding hydrogens is 286 g/mol. The topological polar surface area (TPSA) is 121 Å². The Morgan fingerprint density at radius 2 is 2.10 bits per heavy atom. The number of pyridine rings is 1. The van der Waals surface area contributed by atoms with Crippen molar-refractivity contribution < 1.29 is 22.9 Å². The molecule has 1 amide bonds. The van der Waals surface area contributed by atoms with Gasteiger partial charge < -0.3 is 14.8 Å². The second-order valence-corrected chi connectivity index (χ2v) is 5.29. The number of hydrogen-bond donors (Lipinski definition) is 3. The van der Waals surface area contributed by atoms with E-state index >= 15 is 0 Å². The Morgan fingerprint density at radius 1 is 1.45 bits per heavy atom. The Kier molecular flexibility index (Phi) is 5.62. The van der Waals surface area contributed by atoms with Crippen molar-refractivity contribution in [2.24, 2.45) is 0 Å². The van der Waals surface area contributed by atoms with Crippen molar-refractivity contribution in [2.75, 3.05) is 19.4 Å². The predicted molar refractivity (Wildman–Crippen MR) is 72.1 cm³/mol. The molecule has 0 spiro atoms. The SMILES string of the molecule is CS(=O)(=O)O.O=C(NCCO)c1ccc2nccn2c1. The molecule has 0 saturated carbocycles. The summed E-state index contributed by atoms with van der Waals surface area (Å²) in [5, 5.41) is 11.2. The first-order valence-corrected chi connectivity index (χ1v) is 7.40. The normalized spacial score (nSPS) is 10.8. The molecule has 3 N–H and O–H groups in total. The van der Waals surface area contributed by atoms with E-state index in [1.54, 1.807) is 35.1 Å². The van der Waals surface area contributed by atoms with Crippen LogP contribution in [0.25, 0.3) is 5.65 Å². The third-order valence-electron chi connectivity index (χ3n) is 2.05. The van der Waals surface area contributed by atoms with E-state index in [-0.39, 0.29) is 19.1 Å². The smallest absolute Gasteiger partial charge is 0.261 e. The van der Waals surface area contributed by atoms with Crippen LogP contribution in [0.4, 0.5) is 0 Å². The molecule has 2 heterocycles. The third kappa shape index (κ3) is 5.78. The lowest BCUT2D eigenvalue weighted by molar-refractivity contribution is 0.0944. The minimum Gasteiger partial charge on any atom is -0.395 e. The number of aliphatic hydroxyl groups is 1. The monoisotopic (exact) mass is 301 g/mol. The van der Waals surface area contributed by atoms with E-state index in [1.807, 2.05) is 0 Å². The zero-order chi connectivity index (χ0) is 15.2. The maximum Gasteiger partial charge on any atom is 0.261 e. The number of aliphatic hydroxyl groups excluding tert-OH is 1. The van der Waals surface area contributed by atoms with Gasteiger partial charge in [-0.05, 0) is 12.1 Å². The van der Waals surface area contributed by atoms with Gasteiger partial charge in [-0.2, -0.15) is 8.42 Å². The number of nitrogens with one attached hydrogen (secondary N) is 1. The van der Waals surface area contributed by atoms with E-state index in [0.717, 1.165) is 5.65 Å². The average Bonchev–Trinajstić information content (AvgIpc) is 2.80. The van der Waals surface area contributed by atoms with Gasteiger partial charge in [0.05, 0.1) is 18.4 Å². The number of rotatable bonds is 3. The first-order chi connectivity index (χ1) is 9.31. The summed E-state index contributed by atoms with van der Waals surface area (Å²) < 4.78 is 27.6. The highest BCUT2D eigenvalue weighted by atomic mass is 32.2. The largest absolute Gasteiger partial charge is 0.395 e. The Balaban J connectivity index is 0.000000347. The van der Waals surface area contributed by atoms with Crippen LogP contribution in [0, 0.1) is 0 Å².